The molecule has 0 fully saturated rings. The van der Waals surface area contributed by atoms with Crippen molar-refractivity contribution in [2.24, 2.45) is 0 Å². The van der Waals surface area contributed by atoms with Crippen molar-refractivity contribution >= 4 is 5.97 Å². The topological polar surface area (TPSA) is 87.0 Å². The van der Waals surface area contributed by atoms with Gasteiger partial charge in [0.15, 0.2) is 6.10 Å². The first-order chi connectivity index (χ1) is 6.91. The quantitative estimate of drug-likeness (QED) is 0.331. The van der Waals surface area contributed by atoms with Crippen LogP contribution in [0, 0.1) is 0 Å². The maximum absolute atomic E-state index is 11.2. The molecule has 0 radical (unpaired) electrons. The predicted octanol–water partition coefficient (Wildman–Crippen LogP) is 0.519. The second-order valence-electron chi connectivity index (χ2n) is 3.53. The Morgan fingerprint density at radius 3 is 2.27 bits per heavy atom. The monoisotopic (exact) mass is 220 g/mol. The van der Waals surface area contributed by atoms with Gasteiger partial charge in [-0.3, -0.25) is 4.79 Å². The second kappa shape index (κ2) is 6.76. The summed E-state index contributed by atoms with van der Waals surface area (Å²) in [5, 5.41) is 26.5. The highest BCUT2D eigenvalue weighted by atomic mass is 16.7. The van der Waals surface area contributed by atoms with E-state index in [9.17, 15) is 4.79 Å². The van der Waals surface area contributed by atoms with Gasteiger partial charge in [-0.05, 0) is 12.8 Å². The summed E-state index contributed by atoms with van der Waals surface area (Å²) in [5.41, 5.74) is 0. The number of hydrogen-bond donors (Lipinski definition) is 3. The van der Waals surface area contributed by atoms with Crippen molar-refractivity contribution in [1.29, 1.82) is 0 Å². The molecule has 0 aliphatic heterocycles. The van der Waals surface area contributed by atoms with Gasteiger partial charge in [-0.1, -0.05) is 26.7 Å². The molecule has 1 unspecified atom stereocenters. The molecule has 1 atom stereocenters. The minimum absolute atomic E-state index is 0.142. The van der Waals surface area contributed by atoms with Crippen molar-refractivity contribution < 1.29 is 24.9 Å². The van der Waals surface area contributed by atoms with Gasteiger partial charge in [-0.2, -0.15) is 0 Å². The number of ether oxygens (including phenoxy) is 1. The van der Waals surface area contributed by atoms with Gasteiger partial charge >= 0.3 is 11.9 Å². The lowest BCUT2D eigenvalue weighted by Crippen LogP contribution is -2.44. The summed E-state index contributed by atoms with van der Waals surface area (Å²) in [4.78, 5) is 11.2. The van der Waals surface area contributed by atoms with E-state index in [0.717, 1.165) is 12.8 Å². The third-order valence-corrected chi connectivity index (χ3v) is 2.06. The highest BCUT2D eigenvalue weighted by Gasteiger charge is 2.33. The van der Waals surface area contributed by atoms with Crippen LogP contribution in [0.1, 0.15) is 46.0 Å². The number of rotatable bonds is 7. The molecule has 5 nitrogen and oxygen atoms in total. The highest BCUT2D eigenvalue weighted by molar-refractivity contribution is 5.69. The molecule has 0 aliphatic rings. The van der Waals surface area contributed by atoms with Crippen LogP contribution < -0.4 is 0 Å². The predicted molar refractivity (Wildman–Crippen MR) is 53.7 cm³/mol. The molecular weight excluding hydrogens is 200 g/mol. The van der Waals surface area contributed by atoms with E-state index >= 15 is 0 Å². The standard InChI is InChI=1S/C10H20O5/c1-3-5-6-7-9(11)15-8(4-2)10(12,13)14/h8,12-14H,3-7H2,1-2H3. The molecule has 0 bridgehead atoms. The average molecular weight is 220 g/mol. The molecule has 0 rings (SSSR count). The zero-order valence-corrected chi connectivity index (χ0v) is 9.27. The number of carbonyl (C=O) groups is 1. The molecule has 0 aliphatic carbocycles. The van der Waals surface area contributed by atoms with E-state index in [4.69, 9.17) is 20.1 Å². The number of unbranched alkanes of at least 4 members (excludes halogenated alkanes) is 2. The lowest BCUT2D eigenvalue weighted by Gasteiger charge is -2.24. The molecule has 0 aromatic heterocycles. The summed E-state index contributed by atoms with van der Waals surface area (Å²) in [6.07, 6.45) is 1.72. The van der Waals surface area contributed by atoms with E-state index < -0.39 is 18.0 Å². The number of esters is 1. The van der Waals surface area contributed by atoms with Crippen LogP contribution >= 0.6 is 0 Å². The Hall–Kier alpha value is -0.650. The average Bonchev–Trinajstić information content (AvgIpc) is 2.12. The second-order valence-corrected chi connectivity index (χ2v) is 3.53. The normalized spacial score (nSPS) is 13.7. The van der Waals surface area contributed by atoms with Crippen molar-refractivity contribution in [1.82, 2.24) is 0 Å². The van der Waals surface area contributed by atoms with Crippen LogP contribution in [0.2, 0.25) is 0 Å². The molecule has 90 valence electrons. The molecule has 0 spiro atoms. The minimum Gasteiger partial charge on any atom is -0.454 e. The van der Waals surface area contributed by atoms with E-state index in [1.807, 2.05) is 6.92 Å². The largest absolute Gasteiger partial charge is 0.454 e. The highest BCUT2D eigenvalue weighted by Crippen LogP contribution is 2.12. The van der Waals surface area contributed by atoms with Gasteiger partial charge in [0.1, 0.15) is 0 Å². The number of aliphatic hydroxyl groups is 3. The summed E-state index contributed by atoms with van der Waals surface area (Å²) < 4.78 is 4.72. The van der Waals surface area contributed by atoms with Crippen LogP contribution in [0.5, 0.6) is 0 Å². The first-order valence-electron chi connectivity index (χ1n) is 5.28. The minimum atomic E-state index is -2.95. The zero-order valence-electron chi connectivity index (χ0n) is 9.27. The van der Waals surface area contributed by atoms with Gasteiger partial charge in [-0.25, -0.2) is 0 Å². The fourth-order valence-electron chi connectivity index (χ4n) is 1.17. The SMILES string of the molecule is CCCCCC(=O)OC(CC)C(O)(O)O. The maximum Gasteiger partial charge on any atom is 0.314 e. The molecule has 0 saturated carbocycles. The fraction of sp³-hybridized carbons (Fsp3) is 0.900. The maximum atomic E-state index is 11.2. The lowest BCUT2D eigenvalue weighted by molar-refractivity contribution is -0.356. The number of carbonyl (C=O) groups excluding carboxylic acids is 1. The first kappa shape index (κ1) is 14.3. The van der Waals surface area contributed by atoms with Gasteiger partial charge < -0.3 is 20.1 Å². The Morgan fingerprint density at radius 2 is 1.87 bits per heavy atom. The molecule has 3 N–H and O–H groups in total. The Bertz CT molecular complexity index is 185. The van der Waals surface area contributed by atoms with E-state index in [2.05, 4.69) is 0 Å². The molecule has 0 aromatic rings. The van der Waals surface area contributed by atoms with Crippen molar-refractivity contribution in [3.63, 3.8) is 0 Å². The van der Waals surface area contributed by atoms with Crippen LogP contribution in [-0.4, -0.2) is 33.4 Å². The molecule has 0 saturated heterocycles. The molecule has 0 amide bonds. The third-order valence-electron chi connectivity index (χ3n) is 2.06. The van der Waals surface area contributed by atoms with E-state index in [-0.39, 0.29) is 12.8 Å². The molecule has 15 heavy (non-hydrogen) atoms. The Morgan fingerprint density at radius 1 is 1.27 bits per heavy atom. The summed E-state index contributed by atoms with van der Waals surface area (Å²) in [6, 6.07) is 0. The van der Waals surface area contributed by atoms with Crippen LogP contribution in [-0.2, 0) is 9.53 Å². The van der Waals surface area contributed by atoms with Crippen LogP contribution in [0.4, 0.5) is 0 Å². The summed E-state index contributed by atoms with van der Waals surface area (Å²) >= 11 is 0. The smallest absolute Gasteiger partial charge is 0.314 e. The van der Waals surface area contributed by atoms with Gasteiger partial charge in [-0.15, -0.1) is 0 Å². The first-order valence-corrected chi connectivity index (χ1v) is 5.28. The molecular formula is C10H20O5. The van der Waals surface area contributed by atoms with Gasteiger partial charge in [0.05, 0.1) is 0 Å². The van der Waals surface area contributed by atoms with E-state index in [1.54, 1.807) is 6.92 Å². The molecule has 5 heteroatoms. The van der Waals surface area contributed by atoms with Gasteiger partial charge in [0.2, 0.25) is 0 Å². The van der Waals surface area contributed by atoms with Crippen LogP contribution in [0.3, 0.4) is 0 Å². The van der Waals surface area contributed by atoms with Gasteiger partial charge in [0, 0.05) is 6.42 Å². The summed E-state index contributed by atoms with van der Waals surface area (Å²) in [7, 11) is 0. The summed E-state index contributed by atoms with van der Waals surface area (Å²) in [5.74, 6) is -3.47. The fourth-order valence-corrected chi connectivity index (χ4v) is 1.17. The summed E-state index contributed by atoms with van der Waals surface area (Å²) in [6.45, 7) is 3.60. The lowest BCUT2D eigenvalue weighted by atomic mass is 10.2. The van der Waals surface area contributed by atoms with Crippen LogP contribution in [0.25, 0.3) is 0 Å². The molecule has 0 heterocycles. The Kier molecular flexibility index (Phi) is 6.47. The van der Waals surface area contributed by atoms with Crippen molar-refractivity contribution in [2.45, 2.75) is 58.0 Å². The van der Waals surface area contributed by atoms with Crippen molar-refractivity contribution in [2.75, 3.05) is 0 Å². The van der Waals surface area contributed by atoms with Gasteiger partial charge in [0.25, 0.3) is 0 Å². The Labute approximate surface area is 89.7 Å². The van der Waals surface area contributed by atoms with E-state index in [0.29, 0.717) is 6.42 Å². The van der Waals surface area contributed by atoms with Crippen LogP contribution in [0.15, 0.2) is 0 Å². The zero-order chi connectivity index (χ0) is 11.9. The Balaban J connectivity index is 3.92. The number of hydrogen-bond acceptors (Lipinski definition) is 5. The third kappa shape index (κ3) is 6.43. The van der Waals surface area contributed by atoms with E-state index in [1.165, 1.54) is 0 Å². The van der Waals surface area contributed by atoms with Crippen molar-refractivity contribution in [3.8, 4) is 0 Å². The van der Waals surface area contributed by atoms with Crippen molar-refractivity contribution in [3.05, 3.63) is 0 Å². The molecule has 0 aromatic carbocycles.